The summed E-state index contributed by atoms with van der Waals surface area (Å²) in [6.07, 6.45) is 0. The summed E-state index contributed by atoms with van der Waals surface area (Å²) in [7, 11) is 2.34. The van der Waals surface area contributed by atoms with Crippen LogP contribution in [0.2, 0.25) is 6.04 Å². The zero-order valence-electron chi connectivity index (χ0n) is 6.69. The van der Waals surface area contributed by atoms with Gasteiger partial charge in [0.05, 0.1) is 0 Å². The standard InChI is InChI=1S/C6H14ClO2Si/c1-6(4-7)5-10(8-2)9-3/h6H,4-5H2,1-3H3. The Hall–Kier alpha value is 0.427. The second-order valence-electron chi connectivity index (χ2n) is 2.24. The first kappa shape index (κ1) is 10.4. The van der Waals surface area contributed by atoms with Crippen LogP contribution in [0, 0.1) is 5.92 Å². The van der Waals surface area contributed by atoms with Gasteiger partial charge in [-0.1, -0.05) is 6.92 Å². The van der Waals surface area contributed by atoms with Crippen molar-refractivity contribution in [3.8, 4) is 0 Å². The molecule has 2 nitrogen and oxygen atoms in total. The Morgan fingerprint density at radius 2 is 1.90 bits per heavy atom. The fourth-order valence-electron chi connectivity index (χ4n) is 0.589. The van der Waals surface area contributed by atoms with Crippen molar-refractivity contribution >= 4 is 20.9 Å². The maximum Gasteiger partial charge on any atom is 0.384 e. The maximum absolute atomic E-state index is 5.62. The highest BCUT2D eigenvalue weighted by atomic mass is 35.5. The largest absolute Gasteiger partial charge is 0.397 e. The molecule has 0 heterocycles. The Kier molecular flexibility index (Phi) is 6.42. The van der Waals surface area contributed by atoms with Crippen LogP contribution in [0.25, 0.3) is 0 Å². The van der Waals surface area contributed by atoms with E-state index >= 15 is 0 Å². The third-order valence-electron chi connectivity index (χ3n) is 1.23. The van der Waals surface area contributed by atoms with E-state index in [4.69, 9.17) is 20.5 Å². The second kappa shape index (κ2) is 6.16. The minimum absolute atomic E-state index is 0.496. The van der Waals surface area contributed by atoms with Crippen molar-refractivity contribution in [1.29, 1.82) is 0 Å². The van der Waals surface area contributed by atoms with Gasteiger partial charge < -0.3 is 8.85 Å². The summed E-state index contributed by atoms with van der Waals surface area (Å²) in [5, 5.41) is 0. The molecule has 0 spiro atoms. The molecule has 0 aromatic heterocycles. The van der Waals surface area contributed by atoms with Crippen molar-refractivity contribution in [3.63, 3.8) is 0 Å². The lowest BCUT2D eigenvalue weighted by Gasteiger charge is -2.12. The van der Waals surface area contributed by atoms with Gasteiger partial charge in [-0.3, -0.25) is 0 Å². The summed E-state index contributed by atoms with van der Waals surface area (Å²) >= 11 is 5.62. The summed E-state index contributed by atoms with van der Waals surface area (Å²) in [6, 6.07) is 0.959. The van der Waals surface area contributed by atoms with Crippen LogP contribution in [0.5, 0.6) is 0 Å². The van der Waals surface area contributed by atoms with Crippen molar-refractivity contribution in [2.24, 2.45) is 5.92 Å². The monoisotopic (exact) mass is 181 g/mol. The van der Waals surface area contributed by atoms with Crippen molar-refractivity contribution in [2.45, 2.75) is 13.0 Å². The number of alkyl halides is 1. The molecule has 1 atom stereocenters. The summed E-state index contributed by atoms with van der Waals surface area (Å²) in [5.74, 6) is 1.18. The van der Waals surface area contributed by atoms with E-state index in [-0.39, 0.29) is 0 Å². The van der Waals surface area contributed by atoms with Crippen LogP contribution in [-0.2, 0) is 8.85 Å². The molecule has 0 aliphatic carbocycles. The van der Waals surface area contributed by atoms with E-state index in [1.165, 1.54) is 0 Å². The Labute approximate surface area is 69.3 Å². The van der Waals surface area contributed by atoms with E-state index in [1.54, 1.807) is 14.2 Å². The lowest BCUT2D eigenvalue weighted by atomic mass is 10.3. The molecule has 1 radical (unpaired) electrons. The number of halogens is 1. The van der Waals surface area contributed by atoms with E-state index in [9.17, 15) is 0 Å². The Morgan fingerprint density at radius 3 is 2.20 bits per heavy atom. The minimum Gasteiger partial charge on any atom is -0.397 e. The number of hydrogen-bond acceptors (Lipinski definition) is 2. The van der Waals surface area contributed by atoms with E-state index < -0.39 is 9.28 Å². The van der Waals surface area contributed by atoms with E-state index in [1.807, 2.05) is 0 Å². The van der Waals surface area contributed by atoms with Gasteiger partial charge in [0, 0.05) is 20.1 Å². The van der Waals surface area contributed by atoms with Crippen LogP contribution in [-0.4, -0.2) is 29.4 Å². The SMILES string of the molecule is CO[Si](CC(C)CCl)OC. The molecule has 10 heavy (non-hydrogen) atoms. The zero-order chi connectivity index (χ0) is 7.98. The van der Waals surface area contributed by atoms with Gasteiger partial charge in [-0.15, -0.1) is 11.6 Å². The fraction of sp³-hybridized carbons (Fsp3) is 1.00. The van der Waals surface area contributed by atoms with Gasteiger partial charge in [0.1, 0.15) is 0 Å². The van der Waals surface area contributed by atoms with Crippen LogP contribution < -0.4 is 0 Å². The summed E-state index contributed by atoms with van der Waals surface area (Å²) in [4.78, 5) is 0. The van der Waals surface area contributed by atoms with E-state index in [0.29, 0.717) is 11.8 Å². The first-order valence-electron chi connectivity index (χ1n) is 3.24. The summed E-state index contributed by atoms with van der Waals surface area (Å²) < 4.78 is 10.2. The first-order chi connectivity index (χ1) is 4.74. The molecular formula is C6H14ClO2Si. The van der Waals surface area contributed by atoms with E-state index in [2.05, 4.69) is 6.92 Å². The number of hydrogen-bond donors (Lipinski definition) is 0. The normalized spacial score (nSPS) is 14.1. The van der Waals surface area contributed by atoms with Gasteiger partial charge in [0.15, 0.2) is 0 Å². The third-order valence-corrected chi connectivity index (χ3v) is 3.70. The summed E-state index contributed by atoms with van der Waals surface area (Å²) in [5.41, 5.74) is 0. The molecule has 0 saturated heterocycles. The first-order valence-corrected chi connectivity index (χ1v) is 5.30. The molecule has 0 rings (SSSR count). The fourth-order valence-corrected chi connectivity index (χ4v) is 2.09. The summed E-state index contributed by atoms with van der Waals surface area (Å²) in [6.45, 7) is 2.09. The average Bonchev–Trinajstić information content (AvgIpc) is 1.99. The van der Waals surface area contributed by atoms with Crippen molar-refractivity contribution in [2.75, 3.05) is 20.1 Å². The second-order valence-corrected chi connectivity index (χ2v) is 4.52. The topological polar surface area (TPSA) is 18.5 Å². The molecule has 1 unspecified atom stereocenters. The Bertz CT molecular complexity index is 78.1. The predicted octanol–water partition coefficient (Wildman–Crippen LogP) is 1.64. The van der Waals surface area contributed by atoms with Crippen LogP contribution in [0.1, 0.15) is 6.92 Å². The molecule has 0 amide bonds. The van der Waals surface area contributed by atoms with Gasteiger partial charge >= 0.3 is 9.28 Å². The van der Waals surface area contributed by atoms with Gasteiger partial charge in [-0.2, -0.15) is 0 Å². The van der Waals surface area contributed by atoms with Crippen LogP contribution in [0.4, 0.5) is 0 Å². The molecule has 0 fully saturated rings. The quantitative estimate of drug-likeness (QED) is 0.475. The van der Waals surface area contributed by atoms with Gasteiger partial charge in [0.2, 0.25) is 0 Å². The number of rotatable bonds is 5. The predicted molar refractivity (Wildman–Crippen MR) is 44.5 cm³/mol. The van der Waals surface area contributed by atoms with Gasteiger partial charge in [0.25, 0.3) is 0 Å². The maximum atomic E-state index is 5.62. The third kappa shape index (κ3) is 4.28. The van der Waals surface area contributed by atoms with Crippen molar-refractivity contribution in [3.05, 3.63) is 0 Å². The Morgan fingerprint density at radius 1 is 1.40 bits per heavy atom. The minimum atomic E-state index is -1.02. The highest BCUT2D eigenvalue weighted by Crippen LogP contribution is 2.08. The smallest absolute Gasteiger partial charge is 0.384 e. The molecule has 0 N–H and O–H groups in total. The Balaban J connectivity index is 3.41. The molecule has 0 saturated carbocycles. The lowest BCUT2D eigenvalue weighted by molar-refractivity contribution is 0.272. The highest BCUT2D eigenvalue weighted by Gasteiger charge is 2.15. The van der Waals surface area contributed by atoms with Gasteiger partial charge in [-0.05, 0) is 12.0 Å². The van der Waals surface area contributed by atoms with Crippen molar-refractivity contribution in [1.82, 2.24) is 0 Å². The van der Waals surface area contributed by atoms with E-state index in [0.717, 1.165) is 6.04 Å². The van der Waals surface area contributed by atoms with Gasteiger partial charge in [-0.25, -0.2) is 0 Å². The molecule has 61 valence electrons. The molecule has 4 heteroatoms. The highest BCUT2D eigenvalue weighted by molar-refractivity contribution is 6.44. The zero-order valence-corrected chi connectivity index (χ0v) is 8.44. The molecule has 0 aromatic rings. The molecule has 0 aliphatic rings. The molecular weight excluding hydrogens is 168 g/mol. The average molecular weight is 182 g/mol. The van der Waals surface area contributed by atoms with Crippen LogP contribution >= 0.6 is 11.6 Å². The molecule has 0 aromatic carbocycles. The van der Waals surface area contributed by atoms with Crippen LogP contribution in [0.3, 0.4) is 0 Å². The van der Waals surface area contributed by atoms with Crippen molar-refractivity contribution < 1.29 is 8.85 Å². The lowest BCUT2D eigenvalue weighted by Crippen LogP contribution is -2.22. The van der Waals surface area contributed by atoms with Crippen LogP contribution in [0.15, 0.2) is 0 Å². The molecule has 0 bridgehead atoms. The molecule has 0 aliphatic heterocycles.